The Bertz CT molecular complexity index is 1330. The van der Waals surface area contributed by atoms with Crippen LogP contribution in [0.1, 0.15) is 34.5 Å². The first kappa shape index (κ1) is 21.9. The zero-order chi connectivity index (χ0) is 23.5. The lowest BCUT2D eigenvalue weighted by Crippen LogP contribution is -2.44. The van der Waals surface area contributed by atoms with Crippen LogP contribution in [0.25, 0.3) is 10.9 Å². The maximum Gasteiger partial charge on any atom is 0.270 e. The average molecular weight is 453 g/mol. The van der Waals surface area contributed by atoms with Crippen molar-refractivity contribution in [1.82, 2.24) is 14.5 Å². The molecule has 2 aromatic carbocycles. The first-order chi connectivity index (χ1) is 16.6. The van der Waals surface area contributed by atoms with Gasteiger partial charge in [0.1, 0.15) is 11.5 Å². The molecule has 6 heteroatoms. The molecule has 0 spiro atoms. The third kappa shape index (κ3) is 4.44. The molecule has 4 aromatic rings. The predicted octanol–water partition coefficient (Wildman–Crippen LogP) is 4.88. The van der Waals surface area contributed by atoms with Crippen LogP contribution < -0.4 is 5.32 Å². The molecule has 0 saturated carbocycles. The molecule has 1 saturated heterocycles. The Balaban J connectivity index is 1.38. The lowest BCUT2D eigenvalue weighted by Gasteiger charge is -2.32. The van der Waals surface area contributed by atoms with Crippen LogP contribution in [0.15, 0.2) is 79.0 Å². The Hall–Kier alpha value is -3.93. The molecule has 2 amide bonds. The molecule has 1 N–H and O–H groups in total. The fourth-order valence-electron chi connectivity index (χ4n) is 4.70. The third-order valence-corrected chi connectivity index (χ3v) is 6.54. The number of para-hydroxylation sites is 1. The van der Waals surface area contributed by atoms with Gasteiger partial charge in [-0.15, -0.1) is 0 Å². The van der Waals surface area contributed by atoms with E-state index >= 15 is 0 Å². The second kappa shape index (κ2) is 9.51. The fraction of sp³-hybridized carbons (Fsp3) is 0.250. The molecule has 1 aliphatic heterocycles. The minimum Gasteiger partial charge on any atom is -0.337 e. The molecule has 1 aliphatic rings. The molecule has 1 fully saturated rings. The van der Waals surface area contributed by atoms with Crippen molar-refractivity contribution in [2.45, 2.75) is 26.3 Å². The lowest BCUT2D eigenvalue weighted by molar-refractivity contribution is -0.121. The van der Waals surface area contributed by atoms with Gasteiger partial charge in [-0.3, -0.25) is 9.59 Å². The number of nitrogens with zero attached hydrogens (tertiary/aromatic N) is 3. The van der Waals surface area contributed by atoms with Crippen LogP contribution in [-0.4, -0.2) is 39.4 Å². The number of hydrogen-bond donors (Lipinski definition) is 1. The zero-order valence-corrected chi connectivity index (χ0v) is 19.3. The Morgan fingerprint density at radius 2 is 1.82 bits per heavy atom. The molecule has 0 bridgehead atoms. The minimum absolute atomic E-state index is 0.0290. The van der Waals surface area contributed by atoms with E-state index in [0.717, 1.165) is 34.9 Å². The molecule has 0 aliphatic carbocycles. The first-order valence-electron chi connectivity index (χ1n) is 11.7. The molecular weight excluding hydrogens is 424 g/mol. The highest BCUT2D eigenvalue weighted by Crippen LogP contribution is 2.25. The monoisotopic (exact) mass is 452 g/mol. The number of anilines is 1. The Kier molecular flexibility index (Phi) is 6.12. The van der Waals surface area contributed by atoms with Crippen LogP contribution in [0.2, 0.25) is 0 Å². The van der Waals surface area contributed by atoms with Crippen molar-refractivity contribution in [2.75, 3.05) is 18.4 Å². The molecule has 1 atom stereocenters. The van der Waals surface area contributed by atoms with Gasteiger partial charge in [0, 0.05) is 36.7 Å². The number of carbonyl (C=O) groups excluding carboxylic acids is 2. The summed E-state index contributed by atoms with van der Waals surface area (Å²) < 4.78 is 2.09. The van der Waals surface area contributed by atoms with Gasteiger partial charge in [-0.1, -0.05) is 54.6 Å². The predicted molar refractivity (Wildman–Crippen MR) is 134 cm³/mol. The van der Waals surface area contributed by atoms with E-state index in [2.05, 4.69) is 33.1 Å². The van der Waals surface area contributed by atoms with Gasteiger partial charge in [-0.25, -0.2) is 4.98 Å². The van der Waals surface area contributed by atoms with Crippen molar-refractivity contribution in [3.63, 3.8) is 0 Å². The number of nitrogens with one attached hydrogen (secondary N) is 1. The van der Waals surface area contributed by atoms with E-state index in [9.17, 15) is 9.59 Å². The maximum atomic E-state index is 13.7. The smallest absolute Gasteiger partial charge is 0.270 e. The van der Waals surface area contributed by atoms with Gasteiger partial charge in [-0.05, 0) is 49.1 Å². The number of fused-ring (bicyclic) bond motifs is 1. The van der Waals surface area contributed by atoms with Crippen LogP contribution in [-0.2, 0) is 11.3 Å². The lowest BCUT2D eigenvalue weighted by atomic mass is 9.96. The number of pyridine rings is 1. The normalized spacial score (nSPS) is 15.9. The summed E-state index contributed by atoms with van der Waals surface area (Å²) in [6, 6.07) is 24.0. The number of piperidine rings is 1. The third-order valence-electron chi connectivity index (χ3n) is 6.54. The van der Waals surface area contributed by atoms with E-state index in [0.29, 0.717) is 31.1 Å². The number of hydrogen-bond acceptors (Lipinski definition) is 3. The highest BCUT2D eigenvalue weighted by Gasteiger charge is 2.31. The van der Waals surface area contributed by atoms with Crippen LogP contribution in [0.3, 0.4) is 0 Å². The van der Waals surface area contributed by atoms with E-state index in [4.69, 9.17) is 0 Å². The molecule has 3 heterocycles. The fourth-order valence-corrected chi connectivity index (χ4v) is 4.70. The van der Waals surface area contributed by atoms with Crippen molar-refractivity contribution in [1.29, 1.82) is 0 Å². The minimum atomic E-state index is -0.258. The highest BCUT2D eigenvalue weighted by molar-refractivity contribution is 5.99. The van der Waals surface area contributed by atoms with Gasteiger partial charge < -0.3 is 14.8 Å². The first-order valence-corrected chi connectivity index (χ1v) is 11.7. The van der Waals surface area contributed by atoms with Gasteiger partial charge in [0.15, 0.2) is 0 Å². The molecule has 5 rings (SSSR count). The van der Waals surface area contributed by atoms with Gasteiger partial charge in [-0.2, -0.15) is 0 Å². The zero-order valence-electron chi connectivity index (χ0n) is 19.3. The Morgan fingerprint density at radius 1 is 1.03 bits per heavy atom. The van der Waals surface area contributed by atoms with Gasteiger partial charge in [0.05, 0.1) is 5.92 Å². The van der Waals surface area contributed by atoms with Crippen LogP contribution in [0.5, 0.6) is 0 Å². The van der Waals surface area contributed by atoms with Crippen LogP contribution in [0.4, 0.5) is 5.82 Å². The van der Waals surface area contributed by atoms with E-state index in [1.54, 1.807) is 6.20 Å². The van der Waals surface area contributed by atoms with Crippen molar-refractivity contribution in [3.05, 3.63) is 95.8 Å². The van der Waals surface area contributed by atoms with E-state index in [1.807, 2.05) is 66.4 Å². The number of likely N-dealkylation sites (tertiary alicyclic amines) is 1. The summed E-state index contributed by atoms with van der Waals surface area (Å²) in [6.07, 6.45) is 3.23. The van der Waals surface area contributed by atoms with E-state index in [1.165, 1.54) is 0 Å². The molecule has 1 unspecified atom stereocenters. The summed E-state index contributed by atoms with van der Waals surface area (Å²) in [7, 11) is 0. The SMILES string of the molecule is Cc1cccnc1NC(=O)C1CCCN(C(=O)c2cc3ccccc3n2Cc2ccccc2)C1. The van der Waals surface area contributed by atoms with Crippen molar-refractivity contribution >= 4 is 28.5 Å². The number of rotatable bonds is 5. The largest absolute Gasteiger partial charge is 0.337 e. The summed E-state index contributed by atoms with van der Waals surface area (Å²) >= 11 is 0. The molecule has 6 nitrogen and oxygen atoms in total. The van der Waals surface area contributed by atoms with E-state index in [-0.39, 0.29) is 17.7 Å². The summed E-state index contributed by atoms with van der Waals surface area (Å²) in [4.78, 5) is 32.8. The standard InChI is InChI=1S/C28H28N4O2/c1-20-9-7-15-29-26(20)30-27(33)23-13-8-16-31(19-23)28(34)25-17-22-12-5-6-14-24(22)32(25)18-21-10-3-2-4-11-21/h2-7,9-12,14-15,17,23H,8,13,16,18-19H2,1H3,(H,29,30,33). The van der Waals surface area contributed by atoms with E-state index < -0.39 is 0 Å². The second-order valence-electron chi connectivity index (χ2n) is 8.91. The Morgan fingerprint density at radius 3 is 2.65 bits per heavy atom. The maximum absolute atomic E-state index is 13.7. The number of aryl methyl sites for hydroxylation is 1. The average Bonchev–Trinajstić information content (AvgIpc) is 3.24. The van der Waals surface area contributed by atoms with Crippen molar-refractivity contribution < 1.29 is 9.59 Å². The molecule has 2 aromatic heterocycles. The number of benzene rings is 2. The summed E-state index contributed by atoms with van der Waals surface area (Å²) in [6.45, 7) is 3.60. The number of amides is 2. The number of carbonyl (C=O) groups is 2. The van der Waals surface area contributed by atoms with Crippen molar-refractivity contribution in [2.24, 2.45) is 5.92 Å². The Labute approximate surface area is 199 Å². The summed E-state index contributed by atoms with van der Waals surface area (Å²) in [5.74, 6) is 0.216. The topological polar surface area (TPSA) is 67.2 Å². The molecular formula is C28H28N4O2. The summed E-state index contributed by atoms with van der Waals surface area (Å²) in [5, 5.41) is 3.99. The molecule has 0 radical (unpaired) electrons. The quantitative estimate of drug-likeness (QED) is 0.469. The van der Waals surface area contributed by atoms with Crippen LogP contribution in [0, 0.1) is 12.8 Å². The summed E-state index contributed by atoms with van der Waals surface area (Å²) in [5.41, 5.74) is 3.75. The van der Waals surface area contributed by atoms with Gasteiger partial charge in [0.25, 0.3) is 5.91 Å². The highest BCUT2D eigenvalue weighted by atomic mass is 16.2. The van der Waals surface area contributed by atoms with Crippen molar-refractivity contribution in [3.8, 4) is 0 Å². The van der Waals surface area contributed by atoms with Gasteiger partial charge in [0.2, 0.25) is 5.91 Å². The van der Waals surface area contributed by atoms with Gasteiger partial charge >= 0.3 is 0 Å². The number of aromatic nitrogens is 2. The van der Waals surface area contributed by atoms with Crippen LogP contribution >= 0.6 is 0 Å². The second-order valence-corrected chi connectivity index (χ2v) is 8.91. The molecule has 34 heavy (non-hydrogen) atoms. The molecule has 172 valence electrons.